The van der Waals surface area contributed by atoms with Crippen LogP contribution >= 0.6 is 11.9 Å². The molecule has 2 heterocycles. The van der Waals surface area contributed by atoms with Crippen LogP contribution in [0.2, 0.25) is 0 Å². The van der Waals surface area contributed by atoms with Gasteiger partial charge in [-0.15, -0.1) is 0 Å². The average molecular weight is 556 g/mol. The van der Waals surface area contributed by atoms with E-state index in [1.807, 2.05) is 31.5 Å². The molecule has 4 aromatic rings. The number of nitrogens with zero attached hydrogens (tertiary/aromatic N) is 3. The predicted octanol–water partition coefficient (Wildman–Crippen LogP) is 5.36. The summed E-state index contributed by atoms with van der Waals surface area (Å²) in [4.78, 5) is 4.63. The van der Waals surface area contributed by atoms with Crippen molar-refractivity contribution >= 4 is 28.7 Å². The van der Waals surface area contributed by atoms with Gasteiger partial charge in [0.1, 0.15) is 22.9 Å². The number of benzene rings is 2. The maximum absolute atomic E-state index is 13.9. The van der Waals surface area contributed by atoms with Gasteiger partial charge < -0.3 is 15.6 Å². The van der Waals surface area contributed by atoms with Gasteiger partial charge in [-0.2, -0.15) is 5.10 Å². The van der Waals surface area contributed by atoms with E-state index in [0.29, 0.717) is 22.6 Å². The molecule has 1 atom stereocenters. The van der Waals surface area contributed by atoms with Crippen molar-refractivity contribution < 1.29 is 22.7 Å². The quantitative estimate of drug-likeness (QED) is 0.169. The molecule has 1 saturated carbocycles. The molecule has 0 radical (unpaired) electrons. The monoisotopic (exact) mass is 555 g/mol. The number of halogens is 4. The second-order valence-corrected chi connectivity index (χ2v) is 10.3. The van der Waals surface area contributed by atoms with Crippen LogP contribution in [0.5, 0.6) is 0 Å². The van der Waals surface area contributed by atoms with E-state index >= 15 is 0 Å². The third kappa shape index (κ3) is 5.59. The molecule has 0 bridgehead atoms. The van der Waals surface area contributed by atoms with E-state index in [1.54, 1.807) is 16.8 Å². The van der Waals surface area contributed by atoms with Crippen molar-refractivity contribution in [1.29, 1.82) is 0 Å². The van der Waals surface area contributed by atoms with Gasteiger partial charge in [0.15, 0.2) is 5.82 Å². The number of nitrogens with one attached hydrogen (secondary N) is 1. The third-order valence-electron chi connectivity index (χ3n) is 6.53. The van der Waals surface area contributed by atoms with Crippen LogP contribution in [0, 0.1) is 23.5 Å². The minimum Gasteiger partial charge on any atom is -0.377 e. The summed E-state index contributed by atoms with van der Waals surface area (Å²) in [5, 5.41) is 15.7. The second kappa shape index (κ2) is 10.2. The maximum Gasteiger partial charge on any atom is 0.255 e. The number of hydrogen-bond acceptors (Lipinski definition) is 6. The summed E-state index contributed by atoms with van der Waals surface area (Å²) in [6, 6.07) is 11.5. The van der Waals surface area contributed by atoms with Crippen LogP contribution in [0.1, 0.15) is 35.8 Å². The zero-order valence-corrected chi connectivity index (χ0v) is 21.9. The summed E-state index contributed by atoms with van der Waals surface area (Å²) in [5.41, 5.74) is 8.00. The van der Waals surface area contributed by atoms with Gasteiger partial charge >= 0.3 is 0 Å². The SMILES string of the molecule is CSNc1nn(C)c2c(-c3ccc(C#CC4(O)CC(F)(F)C4)nc3C(N)Cc3cc(F)cc(F)c3)cccc12. The van der Waals surface area contributed by atoms with Crippen molar-refractivity contribution in [2.75, 3.05) is 11.0 Å². The van der Waals surface area contributed by atoms with Crippen LogP contribution in [0.4, 0.5) is 23.4 Å². The number of nitrogens with two attached hydrogens (primary N) is 1. The fourth-order valence-corrected chi connectivity index (χ4v) is 5.28. The first-order chi connectivity index (χ1) is 18.5. The standard InChI is InChI=1S/C28H25F4N5OS/c1-37-25-21(4-3-5-22(25)26(35-37)36-39-2)20-7-6-19(8-9-27(38)14-28(31,32)15-27)34-24(20)23(33)12-16-10-17(29)13-18(30)11-16/h3-7,10-11,13,23,38H,12,14-15,33H2,1-2H3,(H,35,36). The fraction of sp³-hybridized carbons (Fsp3) is 0.286. The zero-order chi connectivity index (χ0) is 27.9. The second-order valence-electron chi connectivity index (χ2n) is 9.69. The largest absolute Gasteiger partial charge is 0.377 e. The van der Waals surface area contributed by atoms with E-state index in [2.05, 4.69) is 26.6 Å². The molecule has 6 nitrogen and oxygen atoms in total. The number of pyridine rings is 1. The summed E-state index contributed by atoms with van der Waals surface area (Å²) in [7, 11) is 1.81. The lowest BCUT2D eigenvalue weighted by Crippen LogP contribution is -2.50. The fourth-order valence-electron chi connectivity index (χ4n) is 4.93. The number of alkyl halides is 2. The first-order valence-electron chi connectivity index (χ1n) is 12.1. The smallest absolute Gasteiger partial charge is 0.255 e. The van der Waals surface area contributed by atoms with Gasteiger partial charge in [-0.3, -0.25) is 4.68 Å². The van der Waals surface area contributed by atoms with Gasteiger partial charge in [-0.05, 0) is 48.2 Å². The molecule has 11 heteroatoms. The lowest BCUT2D eigenvalue weighted by Gasteiger charge is -2.39. The van der Waals surface area contributed by atoms with Crippen molar-refractivity contribution in [2.45, 2.75) is 36.8 Å². The molecule has 0 aliphatic heterocycles. The molecule has 0 spiro atoms. The molecule has 1 fully saturated rings. The number of hydrogen-bond donors (Lipinski definition) is 3. The zero-order valence-electron chi connectivity index (χ0n) is 21.1. The molecule has 4 N–H and O–H groups in total. The molecule has 202 valence electrons. The topological polar surface area (TPSA) is 89.0 Å². The van der Waals surface area contributed by atoms with Crippen LogP contribution in [-0.2, 0) is 13.5 Å². The number of fused-ring (bicyclic) bond motifs is 1. The Bertz CT molecular complexity index is 1600. The Labute approximate surface area is 226 Å². The van der Waals surface area contributed by atoms with Gasteiger partial charge in [0.25, 0.3) is 5.92 Å². The van der Waals surface area contributed by atoms with Crippen molar-refractivity contribution in [2.24, 2.45) is 12.8 Å². The Morgan fingerprint density at radius 3 is 2.51 bits per heavy atom. The first kappa shape index (κ1) is 27.0. The highest BCUT2D eigenvalue weighted by atomic mass is 32.2. The highest BCUT2D eigenvalue weighted by molar-refractivity contribution is 7.99. The Balaban J connectivity index is 1.61. The Morgan fingerprint density at radius 2 is 1.85 bits per heavy atom. The lowest BCUT2D eigenvalue weighted by atomic mass is 9.77. The van der Waals surface area contributed by atoms with Crippen molar-refractivity contribution in [3.63, 3.8) is 0 Å². The van der Waals surface area contributed by atoms with E-state index < -0.39 is 42.0 Å². The number of aliphatic hydroxyl groups is 1. The van der Waals surface area contributed by atoms with Gasteiger partial charge in [0.2, 0.25) is 0 Å². The van der Waals surface area contributed by atoms with E-state index in [9.17, 15) is 22.7 Å². The summed E-state index contributed by atoms with van der Waals surface area (Å²) in [6.45, 7) is 0. The number of aryl methyl sites for hydroxylation is 1. The molecule has 5 rings (SSSR count). The third-order valence-corrected chi connectivity index (χ3v) is 6.93. The highest BCUT2D eigenvalue weighted by Gasteiger charge is 2.55. The van der Waals surface area contributed by atoms with Crippen molar-refractivity contribution in [1.82, 2.24) is 14.8 Å². The Hall–Kier alpha value is -3.59. The molecule has 0 saturated heterocycles. The van der Waals surface area contributed by atoms with E-state index in [-0.39, 0.29) is 12.1 Å². The molecular weight excluding hydrogens is 530 g/mol. The Kier molecular flexibility index (Phi) is 7.05. The molecule has 39 heavy (non-hydrogen) atoms. The summed E-state index contributed by atoms with van der Waals surface area (Å²) >= 11 is 1.41. The van der Waals surface area contributed by atoms with Crippen LogP contribution in [0.25, 0.3) is 22.0 Å². The van der Waals surface area contributed by atoms with E-state index in [0.717, 1.165) is 22.5 Å². The van der Waals surface area contributed by atoms with E-state index in [4.69, 9.17) is 5.73 Å². The number of rotatable bonds is 6. The average Bonchev–Trinajstić information content (AvgIpc) is 3.16. The molecule has 1 aliphatic carbocycles. The normalized spacial score (nSPS) is 16.3. The first-order valence-corrected chi connectivity index (χ1v) is 13.3. The number of para-hydroxylation sites is 1. The van der Waals surface area contributed by atoms with Gasteiger partial charge in [-0.1, -0.05) is 30.0 Å². The predicted molar refractivity (Wildman–Crippen MR) is 144 cm³/mol. The summed E-state index contributed by atoms with van der Waals surface area (Å²) < 4.78 is 59.3. The van der Waals surface area contributed by atoms with Gasteiger partial charge in [-0.25, -0.2) is 22.5 Å². The highest BCUT2D eigenvalue weighted by Crippen LogP contribution is 2.45. The van der Waals surface area contributed by atoms with Crippen molar-refractivity contribution in [3.05, 3.63) is 77.1 Å². The lowest BCUT2D eigenvalue weighted by molar-refractivity contribution is -0.176. The summed E-state index contributed by atoms with van der Waals surface area (Å²) in [5.74, 6) is 1.51. The van der Waals surface area contributed by atoms with Crippen LogP contribution in [-0.4, -0.2) is 37.7 Å². The Morgan fingerprint density at radius 1 is 1.13 bits per heavy atom. The molecular formula is C28H25F4N5OS. The number of aromatic nitrogens is 3. The molecule has 2 aromatic heterocycles. The van der Waals surface area contributed by atoms with Crippen LogP contribution in [0.15, 0.2) is 48.5 Å². The molecule has 0 amide bonds. The molecule has 1 unspecified atom stereocenters. The van der Waals surface area contributed by atoms with Crippen LogP contribution in [0.3, 0.4) is 0 Å². The maximum atomic E-state index is 13.9. The minimum absolute atomic E-state index is 0.0718. The summed E-state index contributed by atoms with van der Waals surface area (Å²) in [6.07, 6.45) is 0.485. The number of anilines is 1. The van der Waals surface area contributed by atoms with E-state index in [1.165, 1.54) is 24.1 Å². The molecule has 2 aromatic carbocycles. The molecule has 1 aliphatic rings. The van der Waals surface area contributed by atoms with Crippen molar-refractivity contribution in [3.8, 4) is 23.0 Å². The van der Waals surface area contributed by atoms with Gasteiger partial charge in [0.05, 0.1) is 30.1 Å². The van der Waals surface area contributed by atoms with Crippen LogP contribution < -0.4 is 10.5 Å². The van der Waals surface area contributed by atoms with Gasteiger partial charge in [0, 0.05) is 35.9 Å². The minimum atomic E-state index is -2.94.